The first kappa shape index (κ1) is 12.7. The van der Waals surface area contributed by atoms with Crippen LogP contribution in [0, 0.1) is 0 Å². The Labute approximate surface area is 84.1 Å². The number of carbonyl (C=O) groups is 2. The minimum Gasteiger partial charge on any atom is -0.480 e. The molecule has 0 aliphatic rings. The molecule has 0 bridgehead atoms. The predicted octanol–water partition coefficient (Wildman–Crippen LogP) is 0.901. The summed E-state index contributed by atoms with van der Waals surface area (Å²) >= 11 is 0. The molecule has 0 heterocycles. The number of aliphatic carboxylic acids is 1. The maximum absolute atomic E-state index is 11.4. The van der Waals surface area contributed by atoms with Crippen LogP contribution in [-0.4, -0.2) is 41.1 Å². The summed E-state index contributed by atoms with van der Waals surface area (Å²) in [6.45, 7) is 5.47. The van der Waals surface area contributed by atoms with Gasteiger partial charge in [-0.3, -0.25) is 0 Å². The lowest BCUT2D eigenvalue weighted by atomic mass is 10.1. The molecule has 0 aromatic rings. The van der Waals surface area contributed by atoms with Crippen LogP contribution in [0.3, 0.4) is 0 Å². The fourth-order valence-corrected chi connectivity index (χ4v) is 0.853. The second kappa shape index (κ2) is 4.83. The first-order chi connectivity index (χ1) is 6.31. The van der Waals surface area contributed by atoms with Gasteiger partial charge in [0.15, 0.2) is 0 Å². The van der Waals surface area contributed by atoms with Gasteiger partial charge in [0.2, 0.25) is 0 Å². The monoisotopic (exact) mass is 202 g/mol. The zero-order valence-corrected chi connectivity index (χ0v) is 9.13. The zero-order valence-electron chi connectivity index (χ0n) is 9.13. The summed E-state index contributed by atoms with van der Waals surface area (Å²) in [6.07, 6.45) is 0.845. The predicted molar refractivity (Wildman–Crippen MR) is 53.2 cm³/mol. The average Bonchev–Trinajstić information content (AvgIpc) is 2.03. The Morgan fingerprint density at radius 2 is 1.93 bits per heavy atom. The van der Waals surface area contributed by atoms with Crippen LogP contribution < -0.4 is 5.32 Å². The molecule has 0 radical (unpaired) electrons. The molecule has 0 aliphatic carbocycles. The van der Waals surface area contributed by atoms with Crippen molar-refractivity contribution in [2.75, 3.05) is 13.6 Å². The molecular weight excluding hydrogens is 184 g/mol. The van der Waals surface area contributed by atoms with Gasteiger partial charge in [0.05, 0.1) is 0 Å². The van der Waals surface area contributed by atoms with E-state index in [4.69, 9.17) is 5.11 Å². The van der Waals surface area contributed by atoms with Gasteiger partial charge in [-0.15, -0.1) is 0 Å². The quantitative estimate of drug-likeness (QED) is 0.711. The number of rotatable bonds is 4. The second-order valence-electron chi connectivity index (χ2n) is 3.78. The third-order valence-corrected chi connectivity index (χ3v) is 1.86. The maximum atomic E-state index is 11.4. The van der Waals surface area contributed by atoms with Crippen molar-refractivity contribution in [3.8, 4) is 0 Å². The molecule has 0 aliphatic heterocycles. The van der Waals surface area contributed by atoms with Crippen molar-refractivity contribution in [3.05, 3.63) is 0 Å². The summed E-state index contributed by atoms with van der Waals surface area (Å²) in [6, 6.07) is -0.362. The van der Waals surface area contributed by atoms with Gasteiger partial charge in [-0.05, 0) is 20.3 Å². The van der Waals surface area contributed by atoms with Gasteiger partial charge in [-0.25, -0.2) is 9.59 Å². The Kier molecular flexibility index (Phi) is 4.40. The highest BCUT2D eigenvalue weighted by atomic mass is 16.4. The van der Waals surface area contributed by atoms with Crippen LogP contribution in [0.15, 0.2) is 0 Å². The van der Waals surface area contributed by atoms with E-state index in [1.807, 2.05) is 6.92 Å². The van der Waals surface area contributed by atoms with Crippen LogP contribution in [0.5, 0.6) is 0 Å². The molecule has 14 heavy (non-hydrogen) atoms. The van der Waals surface area contributed by atoms with E-state index in [0.29, 0.717) is 6.54 Å². The Hall–Kier alpha value is -1.26. The molecule has 0 aromatic heterocycles. The van der Waals surface area contributed by atoms with Gasteiger partial charge in [0.25, 0.3) is 0 Å². The molecule has 82 valence electrons. The van der Waals surface area contributed by atoms with Crippen LogP contribution in [0.25, 0.3) is 0 Å². The molecule has 2 N–H and O–H groups in total. The first-order valence-corrected chi connectivity index (χ1v) is 4.58. The standard InChI is InChI=1S/C9H18N2O3/c1-5-6-11(4)8(14)10-9(2,3)7(12)13/h5-6H2,1-4H3,(H,10,14)(H,12,13). The molecule has 0 unspecified atom stereocenters. The SMILES string of the molecule is CCCN(C)C(=O)NC(C)(C)C(=O)O. The Morgan fingerprint density at radius 3 is 2.29 bits per heavy atom. The van der Waals surface area contributed by atoms with Gasteiger partial charge >= 0.3 is 12.0 Å². The van der Waals surface area contributed by atoms with E-state index in [9.17, 15) is 9.59 Å². The summed E-state index contributed by atoms with van der Waals surface area (Å²) in [4.78, 5) is 23.6. The van der Waals surface area contributed by atoms with Crippen LogP contribution in [0.4, 0.5) is 4.79 Å². The molecule has 5 heteroatoms. The topological polar surface area (TPSA) is 69.6 Å². The van der Waals surface area contributed by atoms with Crippen molar-refractivity contribution < 1.29 is 14.7 Å². The lowest BCUT2D eigenvalue weighted by Crippen LogP contribution is -2.53. The number of carboxylic acids is 1. The third kappa shape index (κ3) is 3.64. The van der Waals surface area contributed by atoms with Crippen molar-refractivity contribution in [2.24, 2.45) is 0 Å². The summed E-state index contributed by atoms with van der Waals surface area (Å²) < 4.78 is 0. The number of hydrogen-bond donors (Lipinski definition) is 2. The van der Waals surface area contributed by atoms with Crippen LogP contribution in [-0.2, 0) is 4.79 Å². The van der Waals surface area contributed by atoms with Crippen molar-refractivity contribution in [1.29, 1.82) is 0 Å². The highest BCUT2D eigenvalue weighted by molar-refractivity contribution is 5.85. The lowest BCUT2D eigenvalue weighted by Gasteiger charge is -2.25. The third-order valence-electron chi connectivity index (χ3n) is 1.86. The van der Waals surface area contributed by atoms with Crippen molar-refractivity contribution >= 4 is 12.0 Å². The van der Waals surface area contributed by atoms with Gasteiger partial charge in [0.1, 0.15) is 5.54 Å². The van der Waals surface area contributed by atoms with E-state index in [1.165, 1.54) is 18.7 Å². The number of urea groups is 1. The molecular formula is C9H18N2O3. The normalized spacial score (nSPS) is 10.9. The van der Waals surface area contributed by atoms with Crippen LogP contribution >= 0.6 is 0 Å². The van der Waals surface area contributed by atoms with Gasteiger partial charge in [-0.2, -0.15) is 0 Å². The number of amides is 2. The fourth-order valence-electron chi connectivity index (χ4n) is 0.853. The lowest BCUT2D eigenvalue weighted by molar-refractivity contribution is -0.143. The molecule has 0 saturated heterocycles. The average molecular weight is 202 g/mol. The van der Waals surface area contributed by atoms with Crippen molar-refractivity contribution in [3.63, 3.8) is 0 Å². The minimum atomic E-state index is -1.22. The molecule has 0 rings (SSSR count). The molecule has 0 atom stereocenters. The van der Waals surface area contributed by atoms with Gasteiger partial charge < -0.3 is 15.3 Å². The highest BCUT2D eigenvalue weighted by Crippen LogP contribution is 2.02. The summed E-state index contributed by atoms with van der Waals surface area (Å²) in [7, 11) is 1.64. The van der Waals surface area contributed by atoms with E-state index in [-0.39, 0.29) is 6.03 Å². The number of hydrogen-bond acceptors (Lipinski definition) is 2. The van der Waals surface area contributed by atoms with Gasteiger partial charge in [-0.1, -0.05) is 6.92 Å². The Morgan fingerprint density at radius 1 is 1.43 bits per heavy atom. The molecule has 0 saturated carbocycles. The molecule has 2 amide bonds. The van der Waals surface area contributed by atoms with E-state index in [2.05, 4.69) is 5.32 Å². The van der Waals surface area contributed by atoms with E-state index in [0.717, 1.165) is 6.42 Å². The maximum Gasteiger partial charge on any atom is 0.328 e. The molecule has 0 spiro atoms. The second-order valence-corrected chi connectivity index (χ2v) is 3.78. The molecule has 0 fully saturated rings. The van der Waals surface area contributed by atoms with E-state index in [1.54, 1.807) is 7.05 Å². The Balaban J connectivity index is 4.24. The first-order valence-electron chi connectivity index (χ1n) is 4.58. The number of nitrogens with one attached hydrogen (secondary N) is 1. The largest absolute Gasteiger partial charge is 0.480 e. The summed E-state index contributed by atoms with van der Waals surface area (Å²) in [5, 5.41) is 11.2. The Bertz CT molecular complexity index is 226. The zero-order chi connectivity index (χ0) is 11.4. The van der Waals surface area contributed by atoms with Crippen LogP contribution in [0.1, 0.15) is 27.2 Å². The minimum absolute atomic E-state index is 0.362. The van der Waals surface area contributed by atoms with E-state index < -0.39 is 11.5 Å². The smallest absolute Gasteiger partial charge is 0.328 e. The van der Waals surface area contributed by atoms with Gasteiger partial charge in [0, 0.05) is 13.6 Å². The fraction of sp³-hybridized carbons (Fsp3) is 0.778. The molecule has 5 nitrogen and oxygen atoms in total. The number of carboxylic acid groups (broad SMARTS) is 1. The highest BCUT2D eigenvalue weighted by Gasteiger charge is 2.29. The van der Waals surface area contributed by atoms with Crippen molar-refractivity contribution in [2.45, 2.75) is 32.7 Å². The summed E-state index contributed by atoms with van der Waals surface area (Å²) in [5.41, 5.74) is -1.22. The number of nitrogens with zero attached hydrogens (tertiary/aromatic N) is 1. The van der Waals surface area contributed by atoms with Crippen LogP contribution in [0.2, 0.25) is 0 Å². The van der Waals surface area contributed by atoms with E-state index >= 15 is 0 Å². The summed E-state index contributed by atoms with van der Waals surface area (Å²) in [5.74, 6) is -1.05. The molecule has 0 aromatic carbocycles. The van der Waals surface area contributed by atoms with Crippen molar-refractivity contribution in [1.82, 2.24) is 10.2 Å². The number of carbonyl (C=O) groups excluding carboxylic acids is 1.